The van der Waals surface area contributed by atoms with Gasteiger partial charge in [0.2, 0.25) is 5.91 Å². The first-order chi connectivity index (χ1) is 16.8. The van der Waals surface area contributed by atoms with Crippen LogP contribution in [0.4, 0.5) is 4.39 Å². The van der Waals surface area contributed by atoms with E-state index in [1.807, 2.05) is 12.1 Å². The minimum absolute atomic E-state index is 0.0644. The number of aryl methyl sites for hydroxylation is 1. The number of esters is 1. The van der Waals surface area contributed by atoms with Gasteiger partial charge in [-0.2, -0.15) is 0 Å². The topological polar surface area (TPSA) is 88.3 Å². The van der Waals surface area contributed by atoms with Crippen LogP contribution in [-0.4, -0.2) is 40.9 Å². The lowest BCUT2D eigenvalue weighted by Crippen LogP contribution is -2.47. The molecular weight excluding hydrogens is 535 g/mol. The van der Waals surface area contributed by atoms with Gasteiger partial charge in [0.25, 0.3) is 0 Å². The van der Waals surface area contributed by atoms with Crippen molar-refractivity contribution < 1.29 is 23.5 Å². The smallest absolute Gasteiger partial charge is 0.328 e. The minimum Gasteiger partial charge on any atom is -0.467 e. The zero-order valence-corrected chi connectivity index (χ0v) is 21.8. The summed E-state index contributed by atoms with van der Waals surface area (Å²) in [5, 5.41) is 3.45. The van der Waals surface area contributed by atoms with Gasteiger partial charge in [-0.3, -0.25) is 9.59 Å². The Hall–Kier alpha value is -2.65. The van der Waals surface area contributed by atoms with E-state index >= 15 is 0 Å². The van der Waals surface area contributed by atoms with E-state index < -0.39 is 17.9 Å². The lowest BCUT2D eigenvalue weighted by atomic mass is 9.87. The van der Waals surface area contributed by atoms with Gasteiger partial charge in [-0.25, -0.2) is 9.18 Å². The molecule has 1 heterocycles. The molecule has 2 N–H and O–H groups in total. The van der Waals surface area contributed by atoms with E-state index in [2.05, 4.69) is 32.3 Å². The van der Waals surface area contributed by atoms with E-state index in [0.717, 1.165) is 40.2 Å². The molecule has 3 unspecified atom stereocenters. The van der Waals surface area contributed by atoms with Gasteiger partial charge < -0.3 is 15.0 Å². The maximum Gasteiger partial charge on any atom is 0.328 e. The lowest BCUT2D eigenvalue weighted by Gasteiger charge is -2.26. The zero-order valence-electron chi connectivity index (χ0n) is 19.4. The Morgan fingerprint density at radius 3 is 2.80 bits per heavy atom. The van der Waals surface area contributed by atoms with Crippen LogP contribution < -0.4 is 5.32 Å². The molecule has 6 nitrogen and oxygen atoms in total. The average molecular weight is 561 g/mol. The highest BCUT2D eigenvalue weighted by Gasteiger charge is 2.36. The maximum absolute atomic E-state index is 13.8. The largest absolute Gasteiger partial charge is 0.467 e. The van der Waals surface area contributed by atoms with Gasteiger partial charge in [-0.05, 0) is 65.8 Å². The van der Waals surface area contributed by atoms with E-state index in [1.165, 1.54) is 31.7 Å². The Bertz CT molecular complexity index is 1280. The molecule has 1 aromatic heterocycles. The van der Waals surface area contributed by atoms with Gasteiger partial charge in [0.05, 0.1) is 13.0 Å². The number of amides is 1. The Labute approximate surface area is 215 Å². The summed E-state index contributed by atoms with van der Waals surface area (Å²) >= 11 is 4.61. The molecule has 1 amide bonds. The summed E-state index contributed by atoms with van der Waals surface area (Å²) in [5.74, 6) is -1.53. The third-order valence-corrected chi connectivity index (χ3v) is 7.90. The molecule has 4 rings (SSSR count). The second-order valence-electron chi connectivity index (χ2n) is 8.69. The van der Waals surface area contributed by atoms with Crippen LogP contribution in [0.2, 0.25) is 0 Å². The van der Waals surface area contributed by atoms with Crippen LogP contribution in [0.15, 0.2) is 47.1 Å². The predicted octanol–water partition coefficient (Wildman–Crippen LogP) is 4.90. The van der Waals surface area contributed by atoms with Crippen molar-refractivity contribution in [1.82, 2.24) is 10.3 Å². The summed E-state index contributed by atoms with van der Waals surface area (Å²) < 4.78 is 19.8. The molecule has 2 aromatic carbocycles. The number of hydrogen-bond donors (Lipinski definition) is 2. The molecule has 1 aliphatic carbocycles. The Morgan fingerprint density at radius 2 is 2.06 bits per heavy atom. The number of nitrogens with one attached hydrogen (secondary N) is 2. The molecule has 3 atom stereocenters. The molecule has 0 aliphatic heterocycles. The number of aromatic amines is 1. The van der Waals surface area contributed by atoms with Crippen molar-refractivity contribution in [2.24, 2.45) is 5.92 Å². The summed E-state index contributed by atoms with van der Waals surface area (Å²) in [6.45, 7) is 1.48. The van der Waals surface area contributed by atoms with Crippen LogP contribution in [0.25, 0.3) is 10.9 Å². The number of H-pyrrole nitrogens is 1. The number of carbonyl (C=O) groups is 3. The first-order valence-electron chi connectivity index (χ1n) is 11.3. The average Bonchev–Trinajstić information content (AvgIpc) is 3.41. The molecule has 0 spiro atoms. The maximum atomic E-state index is 13.8. The highest BCUT2D eigenvalue weighted by atomic mass is 79.9. The molecule has 1 aliphatic rings. The lowest BCUT2D eigenvalue weighted by molar-refractivity contribution is -0.145. The van der Waals surface area contributed by atoms with Gasteiger partial charge in [0, 0.05) is 40.7 Å². The molecule has 3 aromatic rings. The summed E-state index contributed by atoms with van der Waals surface area (Å²) in [6.07, 6.45) is 3.48. The van der Waals surface area contributed by atoms with Crippen molar-refractivity contribution in [2.45, 2.75) is 38.1 Å². The summed E-state index contributed by atoms with van der Waals surface area (Å²) in [5.41, 5.74) is 3.71. The van der Waals surface area contributed by atoms with E-state index in [4.69, 9.17) is 4.74 Å². The fourth-order valence-electron chi connectivity index (χ4n) is 4.77. The number of benzene rings is 2. The number of methoxy groups -OCH3 is 1. The first-order valence-corrected chi connectivity index (χ1v) is 13.1. The molecule has 184 valence electrons. The highest BCUT2D eigenvalue weighted by Crippen LogP contribution is 2.41. The predicted molar refractivity (Wildman–Crippen MR) is 138 cm³/mol. The number of rotatable bonds is 8. The Morgan fingerprint density at radius 1 is 1.26 bits per heavy atom. The number of aromatic nitrogens is 1. The van der Waals surface area contributed by atoms with Gasteiger partial charge in [-0.15, -0.1) is 0 Å². The van der Waals surface area contributed by atoms with Crippen molar-refractivity contribution >= 4 is 55.6 Å². The molecule has 0 saturated carbocycles. The molecule has 0 bridgehead atoms. The SMILES string of the molecule is COC(=O)C(Cc1c[nH]c2ccc(F)cc12)NC(=O)C(CSC(C)=O)C1CCc2cc(Br)ccc21. The number of carbonyl (C=O) groups excluding carboxylic acids is 3. The van der Waals surface area contributed by atoms with Gasteiger partial charge in [-0.1, -0.05) is 33.8 Å². The number of ether oxygens (including phenoxy) is 1. The third-order valence-electron chi connectivity index (χ3n) is 6.47. The fraction of sp³-hybridized carbons (Fsp3) is 0.346. The van der Waals surface area contributed by atoms with Crippen molar-refractivity contribution in [1.29, 1.82) is 0 Å². The summed E-state index contributed by atoms with van der Waals surface area (Å²) in [6, 6.07) is 9.48. The number of hydrogen-bond acceptors (Lipinski definition) is 5. The van der Waals surface area contributed by atoms with E-state index in [9.17, 15) is 18.8 Å². The summed E-state index contributed by atoms with van der Waals surface area (Å²) in [7, 11) is 1.27. The normalized spacial score (nSPS) is 16.5. The standard InChI is InChI=1S/C26H26BrFN2O4S/c1-14(31)35-13-22(20-6-3-15-9-17(27)4-7-19(15)20)25(32)30-24(26(33)34-2)10-16-12-29-23-8-5-18(28)11-21(16)23/h4-5,7-9,11-12,20,22,24,29H,3,6,10,13H2,1-2H3,(H,30,32). The Balaban J connectivity index is 1.59. The van der Waals surface area contributed by atoms with Crippen LogP contribution in [0.1, 0.15) is 36.0 Å². The van der Waals surface area contributed by atoms with Crippen molar-refractivity contribution in [3.05, 3.63) is 69.6 Å². The van der Waals surface area contributed by atoms with Crippen LogP contribution >= 0.6 is 27.7 Å². The van der Waals surface area contributed by atoms with E-state index in [0.29, 0.717) is 16.7 Å². The Kier molecular flexibility index (Phi) is 7.96. The molecule has 0 saturated heterocycles. The van der Waals surface area contributed by atoms with Gasteiger partial charge in [0.15, 0.2) is 5.12 Å². The van der Waals surface area contributed by atoms with E-state index in [-0.39, 0.29) is 29.2 Å². The molecule has 9 heteroatoms. The highest BCUT2D eigenvalue weighted by molar-refractivity contribution is 9.10. The fourth-order valence-corrected chi connectivity index (χ4v) is 5.98. The molecule has 0 radical (unpaired) electrons. The van der Waals surface area contributed by atoms with E-state index in [1.54, 1.807) is 12.3 Å². The van der Waals surface area contributed by atoms with Crippen LogP contribution in [0.5, 0.6) is 0 Å². The van der Waals surface area contributed by atoms with Crippen LogP contribution in [0, 0.1) is 11.7 Å². The molecule has 35 heavy (non-hydrogen) atoms. The number of halogens is 2. The van der Waals surface area contributed by atoms with Crippen LogP contribution in [0.3, 0.4) is 0 Å². The van der Waals surface area contributed by atoms with Gasteiger partial charge >= 0.3 is 5.97 Å². The third kappa shape index (κ3) is 5.78. The van der Waals surface area contributed by atoms with Gasteiger partial charge in [0.1, 0.15) is 11.9 Å². The number of thioether (sulfide) groups is 1. The second kappa shape index (κ2) is 11.0. The second-order valence-corrected chi connectivity index (χ2v) is 10.8. The molecular formula is C26H26BrFN2O4S. The van der Waals surface area contributed by atoms with Crippen molar-refractivity contribution in [2.75, 3.05) is 12.9 Å². The van der Waals surface area contributed by atoms with Crippen molar-refractivity contribution in [3.8, 4) is 0 Å². The summed E-state index contributed by atoms with van der Waals surface area (Å²) in [4.78, 5) is 41.0. The monoisotopic (exact) mass is 560 g/mol. The minimum atomic E-state index is -0.953. The first kappa shape index (κ1) is 25.4. The quantitative estimate of drug-likeness (QED) is 0.383. The molecule has 0 fully saturated rings. The van der Waals surface area contributed by atoms with Crippen molar-refractivity contribution in [3.63, 3.8) is 0 Å². The van der Waals surface area contributed by atoms with Crippen LogP contribution in [-0.2, 0) is 32.0 Å². The number of fused-ring (bicyclic) bond motifs is 2. The zero-order chi connectivity index (χ0) is 25.1.